The van der Waals surface area contributed by atoms with Crippen LogP contribution in [-0.4, -0.2) is 30.4 Å². The van der Waals surface area contributed by atoms with E-state index in [1.165, 1.54) is 20.3 Å². The van der Waals surface area contributed by atoms with E-state index >= 15 is 0 Å². The number of rotatable bonds is 6. The van der Waals surface area contributed by atoms with E-state index in [1.54, 1.807) is 0 Å². The third-order valence-corrected chi connectivity index (χ3v) is 2.92. The van der Waals surface area contributed by atoms with Crippen LogP contribution in [0.3, 0.4) is 0 Å². The third kappa shape index (κ3) is 3.20. The Bertz CT molecular complexity index is 445. The fourth-order valence-electron chi connectivity index (χ4n) is 1.67. The summed E-state index contributed by atoms with van der Waals surface area (Å²) in [5.41, 5.74) is 0.553. The van der Waals surface area contributed by atoms with Gasteiger partial charge in [0.05, 0.1) is 19.2 Å². The van der Waals surface area contributed by atoms with Crippen molar-refractivity contribution in [2.75, 3.05) is 14.2 Å². The Kier molecular flexibility index (Phi) is 5.09. The highest BCUT2D eigenvalue weighted by atomic mass is 35.5. The molecule has 0 saturated carbocycles. The van der Waals surface area contributed by atoms with Crippen LogP contribution < -0.4 is 9.47 Å². The number of phenols is 1. The normalized spacial score (nSPS) is 10.2. The molecule has 18 heavy (non-hydrogen) atoms. The van der Waals surface area contributed by atoms with Gasteiger partial charge in [0.2, 0.25) is 0 Å². The minimum atomic E-state index is -0.878. The van der Waals surface area contributed by atoms with E-state index in [2.05, 4.69) is 0 Å². The number of ether oxygens (including phenoxy) is 2. The van der Waals surface area contributed by atoms with Crippen LogP contribution in [0.5, 0.6) is 17.2 Å². The molecule has 100 valence electrons. The highest BCUT2D eigenvalue weighted by molar-refractivity contribution is 6.33. The predicted octanol–water partition coefficient (Wildman–Crippen LogP) is 2.47. The number of methoxy groups -OCH3 is 2. The van der Waals surface area contributed by atoms with Gasteiger partial charge in [0.15, 0.2) is 11.5 Å². The molecule has 0 spiro atoms. The molecule has 2 N–H and O–H groups in total. The van der Waals surface area contributed by atoms with Crippen molar-refractivity contribution in [1.82, 2.24) is 0 Å². The van der Waals surface area contributed by atoms with Crippen LogP contribution in [-0.2, 0) is 11.2 Å². The lowest BCUT2D eigenvalue weighted by atomic mass is 10.1. The maximum Gasteiger partial charge on any atom is 0.303 e. The quantitative estimate of drug-likeness (QED) is 0.833. The van der Waals surface area contributed by atoms with Gasteiger partial charge in [0, 0.05) is 18.1 Å². The van der Waals surface area contributed by atoms with Crippen molar-refractivity contribution in [3.8, 4) is 17.2 Å². The second kappa shape index (κ2) is 6.35. The smallest absolute Gasteiger partial charge is 0.303 e. The van der Waals surface area contributed by atoms with Crippen LogP contribution in [0, 0.1) is 0 Å². The molecule has 0 aliphatic rings. The zero-order valence-electron chi connectivity index (χ0n) is 10.2. The molecular formula is C12H15ClO5. The molecule has 0 bridgehead atoms. The Morgan fingerprint density at radius 1 is 1.39 bits per heavy atom. The molecule has 1 aromatic rings. The van der Waals surface area contributed by atoms with Gasteiger partial charge in [-0.1, -0.05) is 11.6 Å². The summed E-state index contributed by atoms with van der Waals surface area (Å²) in [6.45, 7) is 0. The summed E-state index contributed by atoms with van der Waals surface area (Å²) >= 11 is 5.99. The largest absolute Gasteiger partial charge is 0.506 e. The van der Waals surface area contributed by atoms with Crippen molar-refractivity contribution >= 4 is 17.6 Å². The van der Waals surface area contributed by atoms with Gasteiger partial charge in [0.25, 0.3) is 0 Å². The SMILES string of the molecule is COc1cc(O)c(Cl)c(CCCC(=O)O)c1OC. The molecule has 0 aliphatic heterocycles. The lowest BCUT2D eigenvalue weighted by Gasteiger charge is -2.15. The van der Waals surface area contributed by atoms with Crippen LogP contribution in [0.1, 0.15) is 18.4 Å². The fourth-order valence-corrected chi connectivity index (χ4v) is 1.91. The van der Waals surface area contributed by atoms with Crippen molar-refractivity contribution in [3.63, 3.8) is 0 Å². The Balaban J connectivity index is 3.06. The van der Waals surface area contributed by atoms with E-state index in [0.29, 0.717) is 29.9 Å². The van der Waals surface area contributed by atoms with E-state index in [9.17, 15) is 9.90 Å². The molecule has 0 aromatic heterocycles. The van der Waals surface area contributed by atoms with Crippen molar-refractivity contribution < 1.29 is 24.5 Å². The van der Waals surface area contributed by atoms with Gasteiger partial charge in [-0.3, -0.25) is 4.79 Å². The highest BCUT2D eigenvalue weighted by Gasteiger charge is 2.18. The van der Waals surface area contributed by atoms with Gasteiger partial charge in [-0.05, 0) is 12.8 Å². The van der Waals surface area contributed by atoms with Crippen molar-refractivity contribution in [1.29, 1.82) is 0 Å². The summed E-state index contributed by atoms with van der Waals surface area (Å²) in [5, 5.41) is 18.4. The van der Waals surface area contributed by atoms with Crippen molar-refractivity contribution in [2.45, 2.75) is 19.3 Å². The van der Waals surface area contributed by atoms with E-state index < -0.39 is 5.97 Å². The molecule has 6 heteroatoms. The number of phenolic OH excluding ortho intramolecular Hbond substituents is 1. The molecular weight excluding hydrogens is 260 g/mol. The van der Waals surface area contributed by atoms with Crippen LogP contribution in [0.2, 0.25) is 5.02 Å². The van der Waals surface area contributed by atoms with Crippen LogP contribution in [0.15, 0.2) is 6.07 Å². The number of halogens is 1. The number of aromatic hydroxyl groups is 1. The predicted molar refractivity (Wildman–Crippen MR) is 66.8 cm³/mol. The van der Waals surface area contributed by atoms with Gasteiger partial charge >= 0.3 is 5.97 Å². The van der Waals surface area contributed by atoms with Crippen LogP contribution in [0.4, 0.5) is 0 Å². The molecule has 1 aromatic carbocycles. The molecule has 0 radical (unpaired) electrons. The molecule has 0 fully saturated rings. The average molecular weight is 275 g/mol. The van der Waals surface area contributed by atoms with Crippen molar-refractivity contribution in [2.24, 2.45) is 0 Å². The summed E-state index contributed by atoms with van der Waals surface area (Å²) in [7, 11) is 2.91. The number of carbonyl (C=O) groups is 1. The van der Waals surface area contributed by atoms with E-state index in [0.717, 1.165) is 0 Å². The topological polar surface area (TPSA) is 76.0 Å². The summed E-state index contributed by atoms with van der Waals surface area (Å²) in [6, 6.07) is 1.36. The monoisotopic (exact) mass is 274 g/mol. The number of aliphatic carboxylic acids is 1. The maximum atomic E-state index is 10.5. The van der Waals surface area contributed by atoms with Gasteiger partial charge in [0.1, 0.15) is 5.75 Å². The van der Waals surface area contributed by atoms with Crippen molar-refractivity contribution in [3.05, 3.63) is 16.7 Å². The molecule has 0 unspecified atom stereocenters. The minimum absolute atomic E-state index is 0.0253. The van der Waals surface area contributed by atoms with Gasteiger partial charge < -0.3 is 19.7 Å². The number of carboxylic acid groups (broad SMARTS) is 1. The molecule has 0 aliphatic carbocycles. The van der Waals surface area contributed by atoms with E-state index in [1.807, 2.05) is 0 Å². The number of carboxylic acids is 1. The van der Waals surface area contributed by atoms with Crippen LogP contribution >= 0.6 is 11.6 Å². The first kappa shape index (κ1) is 14.4. The third-order valence-electron chi connectivity index (χ3n) is 2.50. The summed E-state index contributed by atoms with van der Waals surface area (Å²) in [6.07, 6.45) is 0.814. The molecule has 0 amide bonds. The number of hydrogen-bond donors (Lipinski definition) is 2. The molecule has 0 heterocycles. The summed E-state index contributed by atoms with van der Waals surface area (Å²) in [5.74, 6) is -0.202. The van der Waals surface area contributed by atoms with E-state index in [-0.39, 0.29) is 17.2 Å². The molecule has 5 nitrogen and oxygen atoms in total. The Morgan fingerprint density at radius 2 is 2.06 bits per heavy atom. The van der Waals surface area contributed by atoms with Gasteiger partial charge in [-0.15, -0.1) is 0 Å². The Morgan fingerprint density at radius 3 is 2.56 bits per heavy atom. The second-order valence-corrected chi connectivity index (χ2v) is 4.05. The first-order valence-electron chi connectivity index (χ1n) is 5.35. The fraction of sp³-hybridized carbons (Fsp3) is 0.417. The first-order valence-corrected chi connectivity index (χ1v) is 5.73. The first-order chi connectivity index (χ1) is 8.51. The Hall–Kier alpha value is -1.62. The number of benzene rings is 1. The minimum Gasteiger partial charge on any atom is -0.506 e. The number of hydrogen-bond acceptors (Lipinski definition) is 4. The zero-order valence-corrected chi connectivity index (χ0v) is 11.0. The maximum absolute atomic E-state index is 10.5. The van der Waals surface area contributed by atoms with Crippen LogP contribution in [0.25, 0.3) is 0 Å². The molecule has 0 saturated heterocycles. The van der Waals surface area contributed by atoms with Gasteiger partial charge in [-0.25, -0.2) is 0 Å². The second-order valence-electron chi connectivity index (χ2n) is 3.67. The standard InChI is InChI=1S/C12H15ClO5/c1-17-9-6-8(14)11(13)7(12(9)18-2)4-3-5-10(15)16/h6,14H,3-5H2,1-2H3,(H,15,16). The lowest BCUT2D eigenvalue weighted by molar-refractivity contribution is -0.137. The zero-order chi connectivity index (χ0) is 13.7. The lowest BCUT2D eigenvalue weighted by Crippen LogP contribution is -2.00. The van der Waals surface area contributed by atoms with Gasteiger partial charge in [-0.2, -0.15) is 0 Å². The highest BCUT2D eigenvalue weighted by Crippen LogP contribution is 2.42. The average Bonchev–Trinajstić information content (AvgIpc) is 2.33. The Labute approximate surface area is 110 Å². The molecule has 1 rings (SSSR count). The molecule has 0 atom stereocenters. The summed E-state index contributed by atoms with van der Waals surface area (Å²) in [4.78, 5) is 10.5. The summed E-state index contributed by atoms with van der Waals surface area (Å²) < 4.78 is 10.3. The van der Waals surface area contributed by atoms with E-state index in [4.69, 9.17) is 26.2 Å².